The standard InChI is InChI=1S/C17H16BrN3O3S2/c18-12-5-7-13(8-6-12)26(23,24)20-10-9-16(22)19-11-17-21-14-3-1-2-4-15(14)25-17/h1-8,20H,9-11H2,(H,19,22). The van der Waals surface area contributed by atoms with E-state index in [1.807, 2.05) is 24.3 Å². The molecule has 136 valence electrons. The van der Waals surface area contributed by atoms with Gasteiger partial charge in [-0.2, -0.15) is 0 Å². The van der Waals surface area contributed by atoms with Gasteiger partial charge in [0.15, 0.2) is 0 Å². The number of para-hydroxylation sites is 1. The molecule has 0 spiro atoms. The number of carbonyl (C=O) groups excluding carboxylic acids is 1. The number of carbonyl (C=O) groups is 1. The maximum absolute atomic E-state index is 12.1. The van der Waals surface area contributed by atoms with Gasteiger partial charge >= 0.3 is 0 Å². The van der Waals surface area contributed by atoms with E-state index in [4.69, 9.17) is 0 Å². The Morgan fingerprint density at radius 3 is 2.58 bits per heavy atom. The highest BCUT2D eigenvalue weighted by Crippen LogP contribution is 2.21. The molecule has 0 saturated heterocycles. The summed E-state index contributed by atoms with van der Waals surface area (Å²) < 4.78 is 28.6. The number of nitrogens with one attached hydrogen (secondary N) is 2. The summed E-state index contributed by atoms with van der Waals surface area (Å²) in [6.07, 6.45) is 0.0562. The minimum atomic E-state index is -3.62. The highest BCUT2D eigenvalue weighted by atomic mass is 79.9. The number of nitrogens with zero attached hydrogens (tertiary/aromatic N) is 1. The number of fused-ring (bicyclic) bond motifs is 1. The summed E-state index contributed by atoms with van der Waals surface area (Å²) >= 11 is 4.78. The molecular weight excluding hydrogens is 438 g/mol. The molecule has 0 saturated carbocycles. The van der Waals surface area contributed by atoms with Crippen molar-refractivity contribution in [2.45, 2.75) is 17.9 Å². The van der Waals surface area contributed by atoms with Gasteiger partial charge in [-0.3, -0.25) is 4.79 Å². The van der Waals surface area contributed by atoms with Crippen LogP contribution in [0.4, 0.5) is 0 Å². The molecule has 0 unspecified atom stereocenters. The molecule has 1 aromatic heterocycles. The maximum Gasteiger partial charge on any atom is 0.240 e. The van der Waals surface area contributed by atoms with Crippen LogP contribution in [0.15, 0.2) is 57.9 Å². The molecule has 6 nitrogen and oxygen atoms in total. The first kappa shape index (κ1) is 19.0. The largest absolute Gasteiger partial charge is 0.350 e. The molecule has 1 heterocycles. The van der Waals surface area contributed by atoms with Crippen LogP contribution in [0.2, 0.25) is 0 Å². The van der Waals surface area contributed by atoms with Crippen molar-refractivity contribution in [2.75, 3.05) is 6.54 Å². The molecule has 3 aromatic rings. The van der Waals surface area contributed by atoms with E-state index in [1.165, 1.54) is 23.5 Å². The van der Waals surface area contributed by atoms with Crippen LogP contribution in [-0.4, -0.2) is 25.9 Å². The van der Waals surface area contributed by atoms with E-state index in [-0.39, 0.29) is 23.8 Å². The van der Waals surface area contributed by atoms with E-state index >= 15 is 0 Å². The number of hydrogen-bond donors (Lipinski definition) is 2. The van der Waals surface area contributed by atoms with Gasteiger partial charge in [0.05, 0.1) is 21.7 Å². The van der Waals surface area contributed by atoms with Gasteiger partial charge in [0, 0.05) is 17.4 Å². The second kappa shape index (κ2) is 8.26. The van der Waals surface area contributed by atoms with Crippen LogP contribution in [0.3, 0.4) is 0 Å². The van der Waals surface area contributed by atoms with Gasteiger partial charge in [-0.25, -0.2) is 18.1 Å². The predicted molar refractivity (Wildman–Crippen MR) is 105 cm³/mol. The number of benzene rings is 2. The first-order valence-corrected chi connectivity index (χ1v) is 10.9. The fourth-order valence-electron chi connectivity index (χ4n) is 2.25. The highest BCUT2D eigenvalue weighted by Gasteiger charge is 2.14. The van der Waals surface area contributed by atoms with Crippen LogP contribution in [0, 0.1) is 0 Å². The summed E-state index contributed by atoms with van der Waals surface area (Å²) in [5, 5.41) is 3.58. The number of sulfonamides is 1. The molecule has 0 atom stereocenters. The van der Waals surface area contributed by atoms with Gasteiger partial charge in [0.1, 0.15) is 5.01 Å². The van der Waals surface area contributed by atoms with Gasteiger partial charge in [0.2, 0.25) is 15.9 Å². The van der Waals surface area contributed by atoms with Crippen LogP contribution in [0.5, 0.6) is 0 Å². The van der Waals surface area contributed by atoms with Crippen LogP contribution in [-0.2, 0) is 21.4 Å². The van der Waals surface area contributed by atoms with Crippen molar-refractivity contribution in [2.24, 2.45) is 0 Å². The maximum atomic E-state index is 12.1. The van der Waals surface area contributed by atoms with Crippen LogP contribution < -0.4 is 10.0 Å². The molecule has 0 bridgehead atoms. The minimum Gasteiger partial charge on any atom is -0.350 e. The lowest BCUT2D eigenvalue weighted by Gasteiger charge is -2.07. The summed E-state index contributed by atoms with van der Waals surface area (Å²) in [5.41, 5.74) is 0.906. The zero-order valence-corrected chi connectivity index (χ0v) is 16.8. The Hall–Kier alpha value is -1.81. The second-order valence-electron chi connectivity index (χ2n) is 5.45. The molecular formula is C17H16BrN3O3S2. The fraction of sp³-hybridized carbons (Fsp3) is 0.176. The molecule has 0 aliphatic carbocycles. The van der Waals surface area contributed by atoms with Crippen molar-refractivity contribution in [3.63, 3.8) is 0 Å². The third-order valence-corrected chi connectivity index (χ3v) is 6.59. The van der Waals surface area contributed by atoms with Crippen LogP contribution in [0.25, 0.3) is 10.2 Å². The lowest BCUT2D eigenvalue weighted by Crippen LogP contribution is -2.30. The molecule has 9 heteroatoms. The van der Waals surface area contributed by atoms with Crippen molar-refractivity contribution in [1.29, 1.82) is 0 Å². The van der Waals surface area contributed by atoms with Gasteiger partial charge < -0.3 is 5.32 Å². The number of hydrogen-bond acceptors (Lipinski definition) is 5. The summed E-state index contributed by atoms with van der Waals surface area (Å²) in [5.74, 6) is -0.234. The number of amides is 1. The molecule has 0 radical (unpaired) electrons. The Bertz CT molecular complexity index is 984. The first-order chi connectivity index (χ1) is 12.4. The Balaban J connectivity index is 1.47. The first-order valence-electron chi connectivity index (χ1n) is 7.80. The van der Waals surface area contributed by atoms with Crippen LogP contribution in [0.1, 0.15) is 11.4 Å². The molecule has 0 aliphatic heterocycles. The van der Waals surface area contributed by atoms with Crippen molar-refractivity contribution >= 4 is 53.4 Å². The van der Waals surface area contributed by atoms with Gasteiger partial charge in [-0.1, -0.05) is 28.1 Å². The average molecular weight is 454 g/mol. The third-order valence-electron chi connectivity index (χ3n) is 3.54. The molecule has 2 N–H and O–H groups in total. The average Bonchev–Trinajstić information content (AvgIpc) is 3.03. The predicted octanol–water partition coefficient (Wildman–Crippen LogP) is 3.04. The Labute approximate surface area is 163 Å². The third kappa shape index (κ3) is 4.88. The van der Waals surface area contributed by atoms with Crippen molar-refractivity contribution < 1.29 is 13.2 Å². The zero-order chi connectivity index (χ0) is 18.6. The van der Waals surface area contributed by atoms with Gasteiger partial charge in [-0.05, 0) is 36.4 Å². The van der Waals surface area contributed by atoms with Crippen molar-refractivity contribution in [3.05, 3.63) is 58.0 Å². The lowest BCUT2D eigenvalue weighted by molar-refractivity contribution is -0.121. The number of thiazole rings is 1. The Kier molecular flexibility index (Phi) is 6.02. The summed E-state index contributed by atoms with van der Waals surface area (Å²) in [4.78, 5) is 16.5. The molecule has 0 fully saturated rings. The number of aromatic nitrogens is 1. The van der Waals surface area contributed by atoms with Gasteiger partial charge in [0.25, 0.3) is 0 Å². The van der Waals surface area contributed by atoms with E-state index in [1.54, 1.807) is 12.1 Å². The highest BCUT2D eigenvalue weighted by molar-refractivity contribution is 9.10. The molecule has 26 heavy (non-hydrogen) atoms. The molecule has 3 rings (SSSR count). The van der Waals surface area contributed by atoms with E-state index in [0.717, 1.165) is 19.7 Å². The minimum absolute atomic E-state index is 0.0318. The monoisotopic (exact) mass is 453 g/mol. The summed E-state index contributed by atoms with van der Waals surface area (Å²) in [6, 6.07) is 14.1. The summed E-state index contributed by atoms with van der Waals surface area (Å²) in [6.45, 7) is 0.363. The van der Waals surface area contributed by atoms with E-state index in [9.17, 15) is 13.2 Å². The fourth-order valence-corrected chi connectivity index (χ4v) is 4.46. The van der Waals surface area contributed by atoms with Crippen molar-refractivity contribution in [3.8, 4) is 0 Å². The van der Waals surface area contributed by atoms with E-state index in [2.05, 4.69) is 31.0 Å². The normalized spacial score (nSPS) is 11.6. The Morgan fingerprint density at radius 2 is 1.85 bits per heavy atom. The van der Waals surface area contributed by atoms with Crippen molar-refractivity contribution in [1.82, 2.24) is 15.0 Å². The summed E-state index contributed by atoms with van der Waals surface area (Å²) in [7, 11) is -3.62. The quantitative estimate of drug-likeness (QED) is 0.575. The topological polar surface area (TPSA) is 88.2 Å². The molecule has 1 amide bonds. The SMILES string of the molecule is O=C(CCNS(=O)(=O)c1ccc(Br)cc1)NCc1nc2ccccc2s1. The van der Waals surface area contributed by atoms with E-state index < -0.39 is 10.0 Å². The van der Waals surface area contributed by atoms with Gasteiger partial charge in [-0.15, -0.1) is 11.3 Å². The second-order valence-corrected chi connectivity index (χ2v) is 9.25. The smallest absolute Gasteiger partial charge is 0.240 e. The zero-order valence-electron chi connectivity index (χ0n) is 13.6. The number of rotatable bonds is 7. The lowest BCUT2D eigenvalue weighted by atomic mass is 10.3. The molecule has 2 aromatic carbocycles. The number of halogens is 1. The Morgan fingerprint density at radius 1 is 1.12 bits per heavy atom. The molecule has 0 aliphatic rings. The van der Waals surface area contributed by atoms with E-state index in [0.29, 0.717) is 6.54 Å². The van der Waals surface area contributed by atoms with Crippen LogP contribution >= 0.6 is 27.3 Å².